The summed E-state index contributed by atoms with van der Waals surface area (Å²) in [6.45, 7) is -2.67. The zero-order valence-electron chi connectivity index (χ0n) is 16.9. The van der Waals surface area contributed by atoms with Gasteiger partial charge in [0.2, 0.25) is 0 Å². The molecule has 2 N–H and O–H groups in total. The van der Waals surface area contributed by atoms with Gasteiger partial charge in [-0.2, -0.15) is 5.10 Å². The highest BCUT2D eigenvalue weighted by molar-refractivity contribution is 6.00. The van der Waals surface area contributed by atoms with Crippen LogP contribution in [0.3, 0.4) is 0 Å². The monoisotopic (exact) mass is 359 g/mol. The van der Waals surface area contributed by atoms with Crippen LogP contribution in [0.1, 0.15) is 14.5 Å². The van der Waals surface area contributed by atoms with Gasteiger partial charge in [0.15, 0.2) is 11.6 Å². The van der Waals surface area contributed by atoms with E-state index in [9.17, 15) is 9.18 Å². The summed E-state index contributed by atoms with van der Waals surface area (Å²) in [5.41, 5.74) is 0.681. The van der Waals surface area contributed by atoms with Crippen molar-refractivity contribution < 1.29 is 18.0 Å². The lowest BCUT2D eigenvalue weighted by Gasteiger charge is -2.16. The summed E-state index contributed by atoms with van der Waals surface area (Å²) < 4.78 is 42.8. The minimum atomic E-state index is -2.67. The molecule has 0 saturated heterocycles. The minimum Gasteiger partial charge on any atom is -0.494 e. The smallest absolute Gasteiger partial charge is 0.254 e. The van der Waals surface area contributed by atoms with E-state index in [1.54, 1.807) is 7.05 Å². The van der Waals surface area contributed by atoms with E-state index in [1.807, 2.05) is 5.32 Å². The van der Waals surface area contributed by atoms with Crippen molar-refractivity contribution in [2.24, 2.45) is 7.05 Å². The molecule has 0 fully saturated rings. The number of hydrogen-bond acceptors (Lipinski definition) is 6. The second-order valence-electron chi connectivity index (χ2n) is 5.28. The molecule has 0 bridgehead atoms. The van der Waals surface area contributed by atoms with E-state index < -0.39 is 18.7 Å². The Labute approximate surface area is 153 Å². The van der Waals surface area contributed by atoms with E-state index in [-0.39, 0.29) is 28.5 Å². The molecule has 1 aromatic carbocycles. The number of amides is 1. The van der Waals surface area contributed by atoms with Gasteiger partial charge in [0, 0.05) is 36.6 Å². The number of pyridine rings is 1. The number of benzene rings is 1. The van der Waals surface area contributed by atoms with Crippen molar-refractivity contribution in [1.82, 2.24) is 25.1 Å². The number of aryl methyl sites for hydroxylation is 1. The third-order valence-electron chi connectivity index (χ3n) is 3.55. The van der Waals surface area contributed by atoms with Gasteiger partial charge in [-0.3, -0.25) is 14.5 Å². The summed E-state index contributed by atoms with van der Waals surface area (Å²) in [5.74, 6) is -0.945. The van der Waals surface area contributed by atoms with Gasteiger partial charge in [-0.05, 0) is 12.1 Å². The molecule has 0 aliphatic heterocycles. The number of carbonyl (C=O) groups is 1. The molecule has 0 radical (unpaired) electrons. The number of aromatic nitrogens is 4. The zero-order valence-corrected chi connectivity index (χ0v) is 13.9. The molecule has 3 rings (SSSR count). The van der Waals surface area contributed by atoms with Crippen LogP contribution in [-0.4, -0.2) is 39.7 Å². The standard InChI is InChI=1S/C17H17FN6O2/c1-19-17(25)12-8-20-5-4-13(12)22-14-7-10(18)6-11(15(14)26-3)16-21-9-24(2)23-16/h4-9H,1-3H3,(H,19,25)(H,20,22)/i1D3. The van der Waals surface area contributed by atoms with Crippen LogP contribution in [-0.2, 0) is 7.05 Å². The number of halogens is 1. The first kappa shape index (κ1) is 13.8. The molecule has 0 spiro atoms. The largest absolute Gasteiger partial charge is 0.494 e. The lowest BCUT2D eigenvalue weighted by Crippen LogP contribution is -2.19. The second-order valence-corrected chi connectivity index (χ2v) is 5.28. The first-order chi connectivity index (χ1) is 13.7. The van der Waals surface area contributed by atoms with Crippen molar-refractivity contribution in [3.63, 3.8) is 0 Å². The van der Waals surface area contributed by atoms with Crippen LogP contribution in [0, 0.1) is 5.82 Å². The summed E-state index contributed by atoms with van der Waals surface area (Å²) in [5, 5.41) is 8.96. The summed E-state index contributed by atoms with van der Waals surface area (Å²) >= 11 is 0. The molecule has 3 aromatic rings. The summed E-state index contributed by atoms with van der Waals surface area (Å²) in [7, 11) is 3.08. The Hall–Kier alpha value is -3.49. The number of anilines is 2. The van der Waals surface area contributed by atoms with Crippen LogP contribution >= 0.6 is 0 Å². The van der Waals surface area contributed by atoms with E-state index in [4.69, 9.17) is 8.85 Å². The molecule has 0 aliphatic carbocycles. The highest BCUT2D eigenvalue weighted by Crippen LogP contribution is 2.37. The van der Waals surface area contributed by atoms with E-state index in [0.717, 1.165) is 0 Å². The molecule has 26 heavy (non-hydrogen) atoms. The highest BCUT2D eigenvalue weighted by atomic mass is 19.1. The molecule has 0 aliphatic rings. The number of methoxy groups -OCH3 is 1. The Morgan fingerprint density at radius 3 is 2.92 bits per heavy atom. The molecule has 134 valence electrons. The second kappa shape index (κ2) is 7.18. The quantitative estimate of drug-likeness (QED) is 0.725. The summed E-state index contributed by atoms with van der Waals surface area (Å²) in [6, 6.07) is 3.86. The van der Waals surface area contributed by atoms with Crippen LogP contribution in [0.15, 0.2) is 36.9 Å². The van der Waals surface area contributed by atoms with Crippen molar-refractivity contribution in [3.8, 4) is 17.1 Å². The molecule has 0 unspecified atom stereocenters. The number of nitrogens with one attached hydrogen (secondary N) is 2. The van der Waals surface area contributed by atoms with Crippen molar-refractivity contribution >= 4 is 17.3 Å². The number of carbonyl (C=O) groups excluding carboxylic acids is 1. The van der Waals surface area contributed by atoms with Gasteiger partial charge in [0.1, 0.15) is 12.1 Å². The third kappa shape index (κ3) is 3.32. The van der Waals surface area contributed by atoms with Crippen LogP contribution in [0.2, 0.25) is 0 Å². The zero-order chi connectivity index (χ0) is 21.2. The van der Waals surface area contributed by atoms with Gasteiger partial charge >= 0.3 is 0 Å². The normalized spacial score (nSPS) is 12.7. The lowest BCUT2D eigenvalue weighted by atomic mass is 10.1. The van der Waals surface area contributed by atoms with E-state index in [2.05, 4.69) is 20.4 Å². The fourth-order valence-corrected chi connectivity index (χ4v) is 2.43. The van der Waals surface area contributed by atoms with Gasteiger partial charge in [-0.15, -0.1) is 0 Å². The Balaban J connectivity index is 2.03. The van der Waals surface area contributed by atoms with Crippen molar-refractivity contribution in [2.75, 3.05) is 19.4 Å². The van der Waals surface area contributed by atoms with Crippen molar-refractivity contribution in [3.05, 3.63) is 48.3 Å². The molecule has 9 heteroatoms. The van der Waals surface area contributed by atoms with Crippen molar-refractivity contribution in [2.45, 2.75) is 0 Å². The molecule has 8 nitrogen and oxygen atoms in total. The average molecular weight is 359 g/mol. The first-order valence-electron chi connectivity index (χ1n) is 8.95. The third-order valence-corrected chi connectivity index (χ3v) is 3.55. The van der Waals surface area contributed by atoms with Crippen molar-refractivity contribution in [1.29, 1.82) is 0 Å². The Morgan fingerprint density at radius 1 is 1.38 bits per heavy atom. The molecular formula is C17H17FN6O2. The fraction of sp³-hybridized carbons (Fsp3) is 0.176. The van der Waals surface area contributed by atoms with Gasteiger partial charge in [-0.1, -0.05) is 0 Å². The molecule has 0 saturated carbocycles. The summed E-state index contributed by atoms with van der Waals surface area (Å²) in [4.78, 5) is 20.3. The maximum absolute atomic E-state index is 14.3. The predicted molar refractivity (Wildman–Crippen MR) is 93.9 cm³/mol. The van der Waals surface area contributed by atoms with Crippen LogP contribution in [0.4, 0.5) is 15.8 Å². The van der Waals surface area contributed by atoms with Gasteiger partial charge < -0.3 is 15.4 Å². The maximum atomic E-state index is 14.3. The lowest BCUT2D eigenvalue weighted by molar-refractivity contribution is 0.0963. The number of nitrogens with zero attached hydrogens (tertiary/aromatic N) is 4. The van der Waals surface area contributed by atoms with Gasteiger partial charge in [0.05, 0.1) is 29.6 Å². The first-order valence-corrected chi connectivity index (χ1v) is 7.45. The average Bonchev–Trinajstić information content (AvgIpc) is 3.06. The van der Waals surface area contributed by atoms with Gasteiger partial charge in [-0.25, -0.2) is 9.37 Å². The van der Waals surface area contributed by atoms with Gasteiger partial charge in [0.25, 0.3) is 5.91 Å². The molecule has 0 atom stereocenters. The molecular weight excluding hydrogens is 339 g/mol. The van der Waals surface area contributed by atoms with E-state index in [0.29, 0.717) is 5.56 Å². The predicted octanol–water partition coefficient (Wildman–Crippen LogP) is 2.13. The van der Waals surface area contributed by atoms with E-state index in [1.165, 1.54) is 48.7 Å². The van der Waals surface area contributed by atoms with Crippen LogP contribution < -0.4 is 15.4 Å². The van der Waals surface area contributed by atoms with Crippen LogP contribution in [0.25, 0.3) is 11.4 Å². The SMILES string of the molecule is [2H]C([2H])([2H])NC(=O)c1cnccc1Nc1cc(F)cc(-c2ncn(C)n2)c1OC. The number of ether oxygens (including phenoxy) is 1. The topological polar surface area (TPSA) is 94.0 Å². The maximum Gasteiger partial charge on any atom is 0.254 e. The fourth-order valence-electron chi connectivity index (χ4n) is 2.43. The Bertz CT molecular complexity index is 1050. The molecule has 2 heterocycles. The molecule has 2 aromatic heterocycles. The summed E-state index contributed by atoms with van der Waals surface area (Å²) in [6.07, 6.45) is 4.07. The van der Waals surface area contributed by atoms with Crippen LogP contribution in [0.5, 0.6) is 5.75 Å². The Morgan fingerprint density at radius 2 is 2.23 bits per heavy atom. The minimum absolute atomic E-state index is 0.0348. The molecule has 1 amide bonds. The van der Waals surface area contributed by atoms with E-state index >= 15 is 0 Å². The number of rotatable bonds is 5. The number of hydrogen-bond donors (Lipinski definition) is 2. The Kier molecular flexibility index (Phi) is 3.80. The highest BCUT2D eigenvalue weighted by Gasteiger charge is 2.18.